The van der Waals surface area contributed by atoms with Crippen LogP contribution >= 0.6 is 22.9 Å². The predicted molar refractivity (Wildman–Crippen MR) is 107 cm³/mol. The molecule has 3 amide bonds. The molecule has 2 aromatic rings. The zero-order chi connectivity index (χ0) is 19.6. The minimum Gasteiger partial charge on any atom is -0.333 e. The van der Waals surface area contributed by atoms with Gasteiger partial charge in [0.2, 0.25) is 11.0 Å². The van der Waals surface area contributed by atoms with Crippen LogP contribution in [0.2, 0.25) is 5.02 Å². The first-order chi connectivity index (χ1) is 12.7. The Morgan fingerprint density at radius 2 is 2.07 bits per heavy atom. The Morgan fingerprint density at radius 1 is 1.30 bits per heavy atom. The Balaban J connectivity index is 1.67. The SMILES string of the molecule is CC(C)(C)NC(=O)N1CCC[C@@H]1C(=O)Nc1nnc(-c2cccc(Cl)c2)s1. The lowest BCUT2D eigenvalue weighted by molar-refractivity contribution is -0.119. The van der Waals surface area contributed by atoms with Crippen molar-refractivity contribution in [2.24, 2.45) is 0 Å². The van der Waals surface area contributed by atoms with Crippen LogP contribution in [-0.4, -0.2) is 45.2 Å². The second-order valence-electron chi connectivity index (χ2n) is 7.44. The molecule has 1 aliphatic heterocycles. The molecule has 0 bridgehead atoms. The van der Waals surface area contributed by atoms with Crippen LogP contribution in [0.15, 0.2) is 24.3 Å². The number of carbonyl (C=O) groups excluding carboxylic acids is 2. The van der Waals surface area contributed by atoms with Crippen molar-refractivity contribution in [2.45, 2.75) is 45.2 Å². The predicted octanol–water partition coefficient (Wildman–Crippen LogP) is 3.77. The van der Waals surface area contributed by atoms with E-state index in [1.807, 2.05) is 32.9 Å². The third-order valence-electron chi connectivity index (χ3n) is 4.02. The van der Waals surface area contributed by atoms with Crippen LogP contribution in [0.25, 0.3) is 10.6 Å². The minimum absolute atomic E-state index is 0.225. The van der Waals surface area contributed by atoms with Gasteiger partial charge in [-0.1, -0.05) is 35.1 Å². The van der Waals surface area contributed by atoms with E-state index in [4.69, 9.17) is 11.6 Å². The number of anilines is 1. The van der Waals surface area contributed by atoms with Gasteiger partial charge in [0.15, 0.2) is 0 Å². The number of benzene rings is 1. The van der Waals surface area contributed by atoms with Gasteiger partial charge in [0.05, 0.1) is 0 Å². The fraction of sp³-hybridized carbons (Fsp3) is 0.444. The van der Waals surface area contributed by atoms with E-state index in [1.165, 1.54) is 11.3 Å². The molecule has 1 fully saturated rings. The summed E-state index contributed by atoms with van der Waals surface area (Å²) >= 11 is 7.28. The summed E-state index contributed by atoms with van der Waals surface area (Å²) in [5.74, 6) is -0.245. The number of hydrogen-bond donors (Lipinski definition) is 2. The van der Waals surface area contributed by atoms with Crippen LogP contribution in [0, 0.1) is 0 Å². The number of halogens is 1. The summed E-state index contributed by atoms with van der Waals surface area (Å²) in [6, 6.07) is 6.56. The number of nitrogens with zero attached hydrogens (tertiary/aromatic N) is 3. The van der Waals surface area contributed by atoms with Gasteiger partial charge in [-0.3, -0.25) is 10.1 Å². The van der Waals surface area contributed by atoms with Gasteiger partial charge in [-0.25, -0.2) is 4.79 Å². The highest BCUT2D eigenvalue weighted by Gasteiger charge is 2.35. The maximum atomic E-state index is 12.7. The average molecular weight is 408 g/mol. The van der Waals surface area contributed by atoms with E-state index in [2.05, 4.69) is 20.8 Å². The van der Waals surface area contributed by atoms with Crippen LogP contribution in [0.5, 0.6) is 0 Å². The first-order valence-corrected chi connectivity index (χ1v) is 9.91. The van der Waals surface area contributed by atoms with Gasteiger partial charge in [-0.05, 0) is 45.7 Å². The standard InChI is InChI=1S/C18H22ClN5O2S/c1-18(2,3)21-17(26)24-9-5-8-13(24)14(25)20-16-23-22-15(27-16)11-6-4-7-12(19)10-11/h4,6-7,10,13H,5,8-9H2,1-3H3,(H,21,26)(H,20,23,25)/t13-/m1/s1. The van der Waals surface area contributed by atoms with Crippen molar-refractivity contribution in [3.8, 4) is 10.6 Å². The molecule has 1 atom stereocenters. The van der Waals surface area contributed by atoms with Gasteiger partial charge >= 0.3 is 6.03 Å². The molecule has 144 valence electrons. The Morgan fingerprint density at radius 3 is 2.78 bits per heavy atom. The van der Waals surface area contributed by atoms with Gasteiger partial charge in [-0.15, -0.1) is 10.2 Å². The van der Waals surface area contributed by atoms with E-state index in [1.54, 1.807) is 17.0 Å². The monoisotopic (exact) mass is 407 g/mol. The largest absolute Gasteiger partial charge is 0.333 e. The van der Waals surface area contributed by atoms with Crippen LogP contribution in [0.4, 0.5) is 9.93 Å². The zero-order valence-electron chi connectivity index (χ0n) is 15.5. The van der Waals surface area contributed by atoms with E-state index >= 15 is 0 Å². The second-order valence-corrected chi connectivity index (χ2v) is 8.86. The highest BCUT2D eigenvalue weighted by molar-refractivity contribution is 7.18. The molecule has 9 heteroatoms. The Hall–Kier alpha value is -2.19. The molecule has 3 rings (SSSR count). The van der Waals surface area contributed by atoms with E-state index in [0.29, 0.717) is 28.1 Å². The highest BCUT2D eigenvalue weighted by atomic mass is 35.5. The first-order valence-electron chi connectivity index (χ1n) is 8.72. The number of urea groups is 1. The molecule has 7 nitrogen and oxygen atoms in total. The van der Waals surface area contributed by atoms with Crippen molar-refractivity contribution >= 4 is 40.0 Å². The maximum absolute atomic E-state index is 12.7. The van der Waals surface area contributed by atoms with E-state index in [9.17, 15) is 9.59 Å². The zero-order valence-corrected chi connectivity index (χ0v) is 17.0. The second kappa shape index (κ2) is 7.82. The number of nitrogens with one attached hydrogen (secondary N) is 2. The molecule has 1 aromatic heterocycles. The molecule has 0 spiro atoms. The molecule has 1 aromatic carbocycles. The molecule has 0 radical (unpaired) electrons. The molecule has 0 unspecified atom stereocenters. The lowest BCUT2D eigenvalue weighted by Crippen LogP contribution is -2.52. The average Bonchev–Trinajstić information content (AvgIpc) is 3.22. The number of hydrogen-bond acceptors (Lipinski definition) is 5. The van der Waals surface area contributed by atoms with Gasteiger partial charge in [0.1, 0.15) is 11.0 Å². The quantitative estimate of drug-likeness (QED) is 0.810. The van der Waals surface area contributed by atoms with Crippen molar-refractivity contribution in [2.75, 3.05) is 11.9 Å². The van der Waals surface area contributed by atoms with Gasteiger partial charge in [0, 0.05) is 22.7 Å². The third-order valence-corrected chi connectivity index (χ3v) is 5.15. The normalized spacial score (nSPS) is 17.0. The van der Waals surface area contributed by atoms with Crippen LogP contribution < -0.4 is 10.6 Å². The molecule has 1 aliphatic rings. The van der Waals surface area contributed by atoms with Crippen LogP contribution in [-0.2, 0) is 4.79 Å². The van der Waals surface area contributed by atoms with Crippen LogP contribution in [0.3, 0.4) is 0 Å². The van der Waals surface area contributed by atoms with Gasteiger partial charge in [0.25, 0.3) is 0 Å². The van der Waals surface area contributed by atoms with Crippen molar-refractivity contribution in [3.63, 3.8) is 0 Å². The Bertz CT molecular complexity index is 848. The molecule has 27 heavy (non-hydrogen) atoms. The number of aromatic nitrogens is 2. The number of likely N-dealkylation sites (tertiary alicyclic amines) is 1. The fourth-order valence-corrected chi connectivity index (χ4v) is 3.81. The first kappa shape index (κ1) is 19.6. The third kappa shape index (κ3) is 4.95. The molecule has 1 saturated heterocycles. The molecular weight excluding hydrogens is 386 g/mol. The summed E-state index contributed by atoms with van der Waals surface area (Å²) in [7, 11) is 0. The lowest BCUT2D eigenvalue weighted by Gasteiger charge is -2.28. The van der Waals surface area contributed by atoms with E-state index < -0.39 is 6.04 Å². The summed E-state index contributed by atoms with van der Waals surface area (Å²) < 4.78 is 0. The summed E-state index contributed by atoms with van der Waals surface area (Å²) in [4.78, 5) is 26.7. The molecule has 0 saturated carbocycles. The smallest absolute Gasteiger partial charge is 0.318 e. The van der Waals surface area contributed by atoms with Crippen molar-refractivity contribution in [3.05, 3.63) is 29.3 Å². The van der Waals surface area contributed by atoms with Crippen LogP contribution in [0.1, 0.15) is 33.6 Å². The van der Waals surface area contributed by atoms with Gasteiger partial charge in [-0.2, -0.15) is 0 Å². The van der Waals surface area contributed by atoms with Crippen molar-refractivity contribution in [1.29, 1.82) is 0 Å². The minimum atomic E-state index is -0.508. The molecule has 0 aliphatic carbocycles. The summed E-state index contributed by atoms with van der Waals surface area (Å²) in [5.41, 5.74) is 0.485. The van der Waals surface area contributed by atoms with Crippen molar-refractivity contribution < 1.29 is 9.59 Å². The van der Waals surface area contributed by atoms with Crippen molar-refractivity contribution in [1.82, 2.24) is 20.4 Å². The van der Waals surface area contributed by atoms with E-state index in [0.717, 1.165) is 12.0 Å². The lowest BCUT2D eigenvalue weighted by atomic mass is 10.1. The summed E-state index contributed by atoms with van der Waals surface area (Å²) in [6.45, 7) is 6.29. The summed E-state index contributed by atoms with van der Waals surface area (Å²) in [5, 5.41) is 15.5. The fourth-order valence-electron chi connectivity index (χ4n) is 2.88. The van der Waals surface area contributed by atoms with Gasteiger partial charge < -0.3 is 10.2 Å². The molecule has 2 heterocycles. The molecular formula is C18H22ClN5O2S. The highest BCUT2D eigenvalue weighted by Crippen LogP contribution is 2.29. The number of carbonyl (C=O) groups is 2. The Labute approximate surface area is 167 Å². The molecule has 2 N–H and O–H groups in total. The Kier molecular flexibility index (Phi) is 5.67. The number of rotatable bonds is 3. The summed E-state index contributed by atoms with van der Waals surface area (Å²) in [6.07, 6.45) is 1.42. The maximum Gasteiger partial charge on any atom is 0.318 e. The topological polar surface area (TPSA) is 87.2 Å². The number of amides is 3. The van der Waals surface area contributed by atoms with E-state index in [-0.39, 0.29) is 17.5 Å².